The lowest BCUT2D eigenvalue weighted by atomic mass is 9.65. The van der Waals surface area contributed by atoms with Gasteiger partial charge in [-0.3, -0.25) is 4.79 Å². The fraction of sp³-hybridized carbons (Fsp3) is 0.550. The number of aryl methyl sites for hydroxylation is 1. The molecule has 0 aliphatic heterocycles. The van der Waals surface area contributed by atoms with Crippen LogP contribution in [-0.4, -0.2) is 22.1 Å². The van der Waals surface area contributed by atoms with Crippen LogP contribution in [0.25, 0.3) is 0 Å². The number of carbonyl (C=O) groups is 1. The normalized spacial score (nSPS) is 27.2. The number of anilines is 1. The zero-order valence-electron chi connectivity index (χ0n) is 15.6. The Balaban J connectivity index is 1.31. The van der Waals surface area contributed by atoms with Crippen LogP contribution in [0.3, 0.4) is 0 Å². The van der Waals surface area contributed by atoms with E-state index in [2.05, 4.69) is 15.5 Å². The van der Waals surface area contributed by atoms with Crippen LogP contribution in [0.2, 0.25) is 0 Å². The van der Waals surface area contributed by atoms with Gasteiger partial charge in [0.15, 0.2) is 6.61 Å². The summed E-state index contributed by atoms with van der Waals surface area (Å²) in [6, 6.07) is 7.64. The second kappa shape index (κ2) is 7.68. The average Bonchev–Trinajstić information content (AvgIpc) is 3.06. The van der Waals surface area contributed by atoms with Crippen LogP contribution < -0.4 is 15.8 Å². The Bertz CT molecular complexity index is 775. The van der Waals surface area contributed by atoms with Gasteiger partial charge in [-0.2, -0.15) is 4.98 Å². The molecule has 4 rings (SSSR count). The van der Waals surface area contributed by atoms with Gasteiger partial charge < -0.3 is 20.3 Å². The van der Waals surface area contributed by atoms with Gasteiger partial charge in [-0.05, 0) is 61.8 Å². The molecule has 7 heteroatoms. The lowest BCUT2D eigenvalue weighted by Gasteiger charge is -2.43. The first kappa shape index (κ1) is 18.0. The molecule has 2 aliphatic rings. The van der Waals surface area contributed by atoms with Crippen molar-refractivity contribution in [2.75, 3.05) is 5.32 Å². The van der Waals surface area contributed by atoms with Gasteiger partial charge in [0, 0.05) is 24.6 Å². The highest BCUT2D eigenvalue weighted by Crippen LogP contribution is 2.42. The highest BCUT2D eigenvalue weighted by molar-refractivity contribution is 5.92. The molecule has 7 nitrogen and oxygen atoms in total. The maximum absolute atomic E-state index is 12.7. The number of nitrogens with zero attached hydrogens (tertiary/aromatic N) is 2. The maximum Gasteiger partial charge on any atom is 0.227 e. The highest BCUT2D eigenvalue weighted by Gasteiger charge is 2.40. The van der Waals surface area contributed by atoms with Crippen LogP contribution in [-0.2, 0) is 11.4 Å². The van der Waals surface area contributed by atoms with Crippen LogP contribution in [0.1, 0.15) is 43.8 Å². The standard InChI is InChI=1S/C20H26N4O3/c1-12-22-18(24-27-12)11-26-17-7-5-16(6-8-17)23-20(25)15-9-13-3-2-4-14(10-15)19(13)21/h5-8,13-15,19H,2-4,9-11,21H2,1H3,(H,23,25). The van der Waals surface area contributed by atoms with Gasteiger partial charge in [0.1, 0.15) is 5.75 Å². The number of nitrogens with one attached hydrogen (secondary N) is 1. The number of hydrogen-bond acceptors (Lipinski definition) is 6. The number of hydrogen-bond donors (Lipinski definition) is 2. The number of ether oxygens (including phenoxy) is 1. The van der Waals surface area contributed by atoms with Crippen molar-refractivity contribution in [1.29, 1.82) is 0 Å². The summed E-state index contributed by atoms with van der Waals surface area (Å²) in [4.78, 5) is 16.8. The molecular weight excluding hydrogens is 344 g/mol. The Morgan fingerprint density at radius 3 is 2.59 bits per heavy atom. The summed E-state index contributed by atoms with van der Waals surface area (Å²) in [5.74, 6) is 2.88. The minimum Gasteiger partial charge on any atom is -0.485 e. The van der Waals surface area contributed by atoms with Gasteiger partial charge in [-0.1, -0.05) is 11.6 Å². The van der Waals surface area contributed by atoms with Crippen LogP contribution in [0.5, 0.6) is 5.75 Å². The molecule has 2 bridgehead atoms. The second-order valence-electron chi connectivity index (χ2n) is 7.73. The van der Waals surface area contributed by atoms with E-state index in [1.165, 1.54) is 6.42 Å². The summed E-state index contributed by atoms with van der Waals surface area (Å²) in [5.41, 5.74) is 7.11. The quantitative estimate of drug-likeness (QED) is 0.838. The fourth-order valence-corrected chi connectivity index (χ4v) is 4.43. The van der Waals surface area contributed by atoms with Crippen LogP contribution >= 0.6 is 0 Å². The monoisotopic (exact) mass is 370 g/mol. The van der Waals surface area contributed by atoms with Crippen molar-refractivity contribution >= 4 is 11.6 Å². The fourth-order valence-electron chi connectivity index (χ4n) is 4.43. The predicted molar refractivity (Wildman–Crippen MR) is 100.0 cm³/mol. The Kier molecular flexibility index (Phi) is 5.11. The number of amides is 1. The molecule has 2 saturated carbocycles. The maximum atomic E-state index is 12.7. The van der Waals surface area contributed by atoms with E-state index in [9.17, 15) is 4.79 Å². The Morgan fingerprint density at radius 2 is 1.96 bits per heavy atom. The lowest BCUT2D eigenvalue weighted by molar-refractivity contribution is -0.122. The molecule has 2 aliphatic carbocycles. The summed E-state index contributed by atoms with van der Waals surface area (Å²) in [5, 5.41) is 6.84. The van der Waals surface area contributed by atoms with E-state index in [1.807, 2.05) is 24.3 Å². The van der Waals surface area contributed by atoms with Gasteiger partial charge in [0.05, 0.1) is 0 Å². The van der Waals surface area contributed by atoms with Gasteiger partial charge in [-0.15, -0.1) is 0 Å². The molecule has 1 aromatic carbocycles. The first-order valence-corrected chi connectivity index (χ1v) is 9.67. The lowest BCUT2D eigenvalue weighted by Crippen LogP contribution is -2.48. The zero-order valence-corrected chi connectivity index (χ0v) is 15.6. The van der Waals surface area contributed by atoms with Crippen molar-refractivity contribution in [2.45, 2.75) is 51.7 Å². The highest BCUT2D eigenvalue weighted by atomic mass is 16.5. The molecule has 144 valence electrons. The smallest absolute Gasteiger partial charge is 0.227 e. The second-order valence-corrected chi connectivity index (χ2v) is 7.73. The molecule has 2 fully saturated rings. The molecule has 1 aromatic heterocycles. The minimum atomic E-state index is 0.0671. The van der Waals surface area contributed by atoms with Gasteiger partial charge in [0.2, 0.25) is 17.6 Å². The van der Waals surface area contributed by atoms with E-state index in [0.29, 0.717) is 29.3 Å². The van der Waals surface area contributed by atoms with E-state index in [1.54, 1.807) is 6.92 Å². The third-order valence-electron chi connectivity index (χ3n) is 5.84. The summed E-state index contributed by atoms with van der Waals surface area (Å²) < 4.78 is 10.5. The number of carbonyl (C=O) groups excluding carboxylic acids is 1. The van der Waals surface area contributed by atoms with E-state index < -0.39 is 0 Å². The molecule has 1 heterocycles. The molecule has 0 spiro atoms. The topological polar surface area (TPSA) is 103 Å². The van der Waals surface area contributed by atoms with E-state index >= 15 is 0 Å². The number of aromatic nitrogens is 2. The molecule has 2 atom stereocenters. The van der Waals surface area contributed by atoms with Crippen LogP contribution in [0, 0.1) is 24.7 Å². The number of fused-ring (bicyclic) bond motifs is 2. The largest absolute Gasteiger partial charge is 0.485 e. The Hall–Kier alpha value is -2.41. The molecule has 0 radical (unpaired) electrons. The third-order valence-corrected chi connectivity index (χ3v) is 5.84. The average molecular weight is 370 g/mol. The molecule has 1 amide bonds. The third kappa shape index (κ3) is 4.13. The number of rotatable bonds is 5. The SMILES string of the molecule is Cc1nc(COc2ccc(NC(=O)C3CC4CCCC(C3)C4N)cc2)no1. The van der Waals surface area contributed by atoms with E-state index in [-0.39, 0.29) is 24.5 Å². The van der Waals surface area contributed by atoms with E-state index in [4.69, 9.17) is 15.0 Å². The molecule has 0 saturated heterocycles. The molecular formula is C20H26N4O3. The van der Waals surface area contributed by atoms with Crippen molar-refractivity contribution in [2.24, 2.45) is 23.5 Å². The summed E-state index contributed by atoms with van der Waals surface area (Å²) in [6.07, 6.45) is 5.40. The molecule has 2 unspecified atom stereocenters. The van der Waals surface area contributed by atoms with Crippen molar-refractivity contribution in [3.63, 3.8) is 0 Å². The van der Waals surface area contributed by atoms with Crippen molar-refractivity contribution in [3.8, 4) is 5.75 Å². The van der Waals surface area contributed by atoms with E-state index in [0.717, 1.165) is 31.4 Å². The van der Waals surface area contributed by atoms with Crippen LogP contribution in [0.4, 0.5) is 5.69 Å². The minimum absolute atomic E-state index is 0.0671. The first-order valence-electron chi connectivity index (χ1n) is 9.67. The summed E-state index contributed by atoms with van der Waals surface area (Å²) in [6.45, 7) is 1.98. The van der Waals surface area contributed by atoms with Gasteiger partial charge >= 0.3 is 0 Å². The number of nitrogens with two attached hydrogens (primary N) is 1. The van der Waals surface area contributed by atoms with Crippen LogP contribution in [0.15, 0.2) is 28.8 Å². The molecule has 2 aromatic rings. The molecule has 27 heavy (non-hydrogen) atoms. The van der Waals surface area contributed by atoms with Crippen molar-refractivity contribution in [3.05, 3.63) is 36.0 Å². The Morgan fingerprint density at radius 1 is 1.26 bits per heavy atom. The van der Waals surface area contributed by atoms with Crippen molar-refractivity contribution in [1.82, 2.24) is 10.1 Å². The van der Waals surface area contributed by atoms with Crippen molar-refractivity contribution < 1.29 is 14.1 Å². The summed E-state index contributed by atoms with van der Waals surface area (Å²) >= 11 is 0. The molecule has 3 N–H and O–H groups in total. The van der Waals surface area contributed by atoms with Gasteiger partial charge in [-0.25, -0.2) is 0 Å². The number of benzene rings is 1. The zero-order chi connectivity index (χ0) is 18.8. The first-order chi connectivity index (χ1) is 13.1. The predicted octanol–water partition coefficient (Wildman–Crippen LogP) is 3.05. The summed E-state index contributed by atoms with van der Waals surface area (Å²) in [7, 11) is 0. The Labute approximate surface area is 158 Å². The van der Waals surface area contributed by atoms with Gasteiger partial charge in [0.25, 0.3) is 0 Å².